The van der Waals surface area contributed by atoms with Crippen molar-refractivity contribution in [2.75, 3.05) is 18.2 Å². The SMILES string of the molecule is CC.Nc1c([S+](O)CCCF)sc2nc(-c3cccs3)cc(-c3ccccc3)c12. The van der Waals surface area contributed by atoms with E-state index in [0.29, 0.717) is 22.1 Å². The first kappa shape index (κ1) is 21.8. The Morgan fingerprint density at radius 3 is 2.55 bits per heavy atom. The number of aromatic nitrogens is 1. The Morgan fingerprint density at radius 2 is 1.90 bits per heavy atom. The van der Waals surface area contributed by atoms with Crippen molar-refractivity contribution in [1.82, 2.24) is 4.98 Å². The number of nitrogen functional groups attached to an aromatic ring is 1. The lowest BCUT2D eigenvalue weighted by Gasteiger charge is -2.07. The molecular weight excluding hydrogens is 423 g/mol. The molecule has 3 N–H and O–H groups in total. The fraction of sp³-hybridized carbons (Fsp3) is 0.227. The molecular formula is C22H24FN2OS3+. The second kappa shape index (κ2) is 10.2. The number of rotatable bonds is 6. The minimum absolute atomic E-state index is 0.326. The fourth-order valence-electron chi connectivity index (χ4n) is 2.96. The highest BCUT2D eigenvalue weighted by molar-refractivity contribution is 7.93. The zero-order valence-corrected chi connectivity index (χ0v) is 18.8. The van der Waals surface area contributed by atoms with Gasteiger partial charge in [0.05, 0.1) is 17.2 Å². The highest BCUT2D eigenvalue weighted by Gasteiger charge is 2.29. The molecule has 4 aromatic rings. The number of nitrogens with zero attached hydrogens (tertiary/aromatic N) is 1. The van der Waals surface area contributed by atoms with Crippen LogP contribution in [0.5, 0.6) is 0 Å². The second-order valence-electron chi connectivity index (χ2n) is 5.99. The molecule has 3 aromatic heterocycles. The number of halogens is 1. The van der Waals surface area contributed by atoms with Crippen molar-refractivity contribution in [3.63, 3.8) is 0 Å². The summed E-state index contributed by atoms with van der Waals surface area (Å²) >= 11 is 1.98. The summed E-state index contributed by atoms with van der Waals surface area (Å²) < 4.78 is 23.7. The van der Waals surface area contributed by atoms with Gasteiger partial charge in [0.2, 0.25) is 0 Å². The Balaban J connectivity index is 0.00000117. The Kier molecular flexibility index (Phi) is 7.66. The van der Waals surface area contributed by atoms with Gasteiger partial charge in [-0.3, -0.25) is 4.39 Å². The van der Waals surface area contributed by atoms with Crippen LogP contribution in [0.1, 0.15) is 20.3 Å². The Labute approximate surface area is 181 Å². The third-order valence-electron chi connectivity index (χ3n) is 4.21. The molecule has 1 unspecified atom stereocenters. The molecule has 0 spiro atoms. The number of fused-ring (bicyclic) bond motifs is 1. The zero-order chi connectivity index (χ0) is 20.8. The quantitative estimate of drug-likeness (QED) is 0.310. The average molecular weight is 448 g/mol. The van der Waals surface area contributed by atoms with Gasteiger partial charge in [0.15, 0.2) is 16.9 Å². The molecule has 0 aliphatic heterocycles. The number of alkyl halides is 1. The summed E-state index contributed by atoms with van der Waals surface area (Å²) in [4.78, 5) is 6.71. The number of pyridine rings is 1. The van der Waals surface area contributed by atoms with Gasteiger partial charge in [-0.15, -0.1) is 11.3 Å². The van der Waals surface area contributed by atoms with Gasteiger partial charge < -0.3 is 5.73 Å². The molecule has 0 bridgehead atoms. The van der Waals surface area contributed by atoms with Gasteiger partial charge in [-0.2, -0.15) is 4.55 Å². The van der Waals surface area contributed by atoms with Crippen LogP contribution in [-0.4, -0.2) is 22.0 Å². The topological polar surface area (TPSA) is 59.1 Å². The highest BCUT2D eigenvalue weighted by atomic mass is 32.2. The largest absolute Gasteiger partial charge is 0.393 e. The van der Waals surface area contributed by atoms with Crippen LogP contribution in [0.15, 0.2) is 58.1 Å². The zero-order valence-electron chi connectivity index (χ0n) is 16.4. The van der Waals surface area contributed by atoms with Crippen molar-refractivity contribution >= 4 is 49.8 Å². The van der Waals surface area contributed by atoms with Gasteiger partial charge in [0, 0.05) is 11.8 Å². The van der Waals surface area contributed by atoms with Crippen molar-refractivity contribution in [3.8, 4) is 21.7 Å². The standard InChI is InChI=1S/C20H18FN2OS3.C2H6/c21-9-5-11-27(24)20-18(22)17-14(13-6-2-1-3-7-13)12-15(23-19(17)26-20)16-8-4-10-25-16;1-2/h1-4,6-8,10,12,24H,5,9,11,22H2;1-2H3/q+1;. The number of hydrogen-bond acceptors (Lipinski definition) is 5. The molecule has 0 radical (unpaired) electrons. The van der Waals surface area contributed by atoms with Crippen LogP contribution in [0.25, 0.3) is 31.9 Å². The average Bonchev–Trinajstić information content (AvgIpc) is 3.42. The summed E-state index contributed by atoms with van der Waals surface area (Å²) in [6.45, 7) is 3.56. The maximum Gasteiger partial charge on any atom is 0.269 e. The monoisotopic (exact) mass is 447 g/mol. The molecule has 4 rings (SSSR count). The molecule has 1 atom stereocenters. The van der Waals surface area contributed by atoms with Crippen molar-refractivity contribution in [3.05, 3.63) is 53.9 Å². The highest BCUT2D eigenvalue weighted by Crippen LogP contribution is 2.43. The number of nitrogens with two attached hydrogens (primary N) is 1. The molecule has 0 fully saturated rings. The van der Waals surface area contributed by atoms with Gasteiger partial charge in [0.25, 0.3) is 4.21 Å². The molecule has 29 heavy (non-hydrogen) atoms. The molecule has 3 heterocycles. The maximum atomic E-state index is 12.5. The number of anilines is 1. The van der Waals surface area contributed by atoms with Gasteiger partial charge in [-0.25, -0.2) is 4.98 Å². The van der Waals surface area contributed by atoms with E-state index in [0.717, 1.165) is 31.9 Å². The summed E-state index contributed by atoms with van der Waals surface area (Å²) in [7, 11) is 0. The van der Waals surface area contributed by atoms with E-state index in [1.54, 1.807) is 11.3 Å². The summed E-state index contributed by atoms with van der Waals surface area (Å²) in [5.41, 5.74) is 9.96. The van der Waals surface area contributed by atoms with E-state index >= 15 is 0 Å². The van der Waals surface area contributed by atoms with Gasteiger partial charge in [-0.1, -0.05) is 61.6 Å². The molecule has 3 nitrogen and oxygen atoms in total. The van der Waals surface area contributed by atoms with Crippen LogP contribution in [0.2, 0.25) is 0 Å². The number of thiophene rings is 2. The molecule has 0 saturated heterocycles. The second-order valence-corrected chi connectivity index (χ2v) is 9.74. The van der Waals surface area contributed by atoms with Crippen molar-refractivity contribution in [2.45, 2.75) is 24.5 Å². The third-order valence-corrected chi connectivity index (χ3v) is 8.15. The van der Waals surface area contributed by atoms with E-state index in [1.165, 1.54) is 11.3 Å². The van der Waals surface area contributed by atoms with Crippen molar-refractivity contribution < 1.29 is 8.94 Å². The molecule has 0 amide bonds. The van der Waals surface area contributed by atoms with E-state index < -0.39 is 17.9 Å². The Hall–Kier alpha value is -1.93. The normalized spacial score (nSPS) is 11.9. The molecule has 7 heteroatoms. The molecule has 0 aliphatic carbocycles. The van der Waals surface area contributed by atoms with Crippen LogP contribution in [-0.2, 0) is 11.2 Å². The first-order valence-electron chi connectivity index (χ1n) is 9.47. The van der Waals surface area contributed by atoms with Crippen LogP contribution in [0.4, 0.5) is 10.1 Å². The van der Waals surface area contributed by atoms with Crippen molar-refractivity contribution in [1.29, 1.82) is 0 Å². The minimum Gasteiger partial charge on any atom is -0.393 e. The lowest BCUT2D eigenvalue weighted by atomic mass is 10.0. The van der Waals surface area contributed by atoms with Gasteiger partial charge >= 0.3 is 0 Å². The molecule has 0 saturated carbocycles. The smallest absolute Gasteiger partial charge is 0.269 e. The van der Waals surface area contributed by atoms with E-state index in [4.69, 9.17) is 10.7 Å². The lowest BCUT2D eigenvalue weighted by molar-refractivity contribution is 0.486. The molecule has 152 valence electrons. The summed E-state index contributed by atoms with van der Waals surface area (Å²) in [6, 6.07) is 16.2. The summed E-state index contributed by atoms with van der Waals surface area (Å²) in [5, 5.41) is 2.90. The predicted octanol–water partition coefficient (Wildman–Crippen LogP) is 7.11. The fourth-order valence-corrected chi connectivity index (χ4v) is 6.29. The predicted molar refractivity (Wildman–Crippen MR) is 128 cm³/mol. The minimum atomic E-state index is -1.07. The van der Waals surface area contributed by atoms with E-state index in [1.807, 2.05) is 61.7 Å². The Morgan fingerprint density at radius 1 is 1.14 bits per heavy atom. The van der Waals surface area contributed by atoms with Crippen molar-refractivity contribution in [2.24, 2.45) is 0 Å². The maximum absolute atomic E-state index is 12.5. The van der Waals surface area contributed by atoms with Crippen LogP contribution in [0, 0.1) is 0 Å². The van der Waals surface area contributed by atoms with Gasteiger partial charge in [0.1, 0.15) is 10.5 Å². The summed E-state index contributed by atoms with van der Waals surface area (Å²) in [5.74, 6) is 0.381. The van der Waals surface area contributed by atoms with E-state index in [9.17, 15) is 8.94 Å². The van der Waals surface area contributed by atoms with E-state index in [2.05, 4.69) is 6.07 Å². The van der Waals surface area contributed by atoms with Crippen LogP contribution in [0.3, 0.4) is 0 Å². The molecule has 0 aliphatic rings. The first-order chi connectivity index (χ1) is 14.2. The van der Waals surface area contributed by atoms with Crippen LogP contribution >= 0.6 is 22.7 Å². The van der Waals surface area contributed by atoms with Crippen LogP contribution < -0.4 is 5.73 Å². The number of hydrogen-bond donors (Lipinski definition) is 2. The Bertz CT molecular complexity index is 1050. The lowest BCUT2D eigenvalue weighted by Crippen LogP contribution is -2.07. The summed E-state index contributed by atoms with van der Waals surface area (Å²) in [6.07, 6.45) is 0.326. The number of benzene rings is 1. The first-order valence-corrected chi connectivity index (χ1v) is 12.5. The van der Waals surface area contributed by atoms with Gasteiger partial charge in [-0.05, 0) is 28.6 Å². The van der Waals surface area contributed by atoms with E-state index in [-0.39, 0.29) is 0 Å². The molecule has 1 aromatic carbocycles. The third kappa shape index (κ3) is 4.64.